The number of aliphatic hydroxyl groups excluding tert-OH is 1. The van der Waals surface area contributed by atoms with Gasteiger partial charge in [0, 0.05) is 11.3 Å². The molecule has 1 heterocycles. The van der Waals surface area contributed by atoms with E-state index < -0.39 is 17.7 Å². The van der Waals surface area contributed by atoms with Crippen LogP contribution in [0, 0.1) is 0 Å². The van der Waals surface area contributed by atoms with Crippen molar-refractivity contribution in [1.29, 1.82) is 0 Å². The molecule has 1 amide bonds. The van der Waals surface area contributed by atoms with Gasteiger partial charge < -0.3 is 14.9 Å². The normalized spacial score (nSPS) is 17.9. The van der Waals surface area contributed by atoms with Crippen LogP contribution in [0.25, 0.3) is 5.76 Å². The molecule has 3 aromatic rings. The highest BCUT2D eigenvalue weighted by atomic mass is 16.5. The van der Waals surface area contributed by atoms with Gasteiger partial charge >= 0.3 is 0 Å². The first-order chi connectivity index (χ1) is 14.5. The van der Waals surface area contributed by atoms with E-state index in [2.05, 4.69) is 0 Å². The first-order valence-corrected chi connectivity index (χ1v) is 9.30. The Morgan fingerprint density at radius 2 is 1.53 bits per heavy atom. The van der Waals surface area contributed by atoms with Crippen LogP contribution in [0.3, 0.4) is 0 Å². The van der Waals surface area contributed by atoms with Crippen LogP contribution in [0.1, 0.15) is 17.2 Å². The summed E-state index contributed by atoms with van der Waals surface area (Å²) in [5, 5.41) is 20.6. The summed E-state index contributed by atoms with van der Waals surface area (Å²) < 4.78 is 5.21. The minimum Gasteiger partial charge on any atom is -0.508 e. The van der Waals surface area contributed by atoms with Crippen molar-refractivity contribution in [2.24, 2.45) is 0 Å². The van der Waals surface area contributed by atoms with Crippen LogP contribution in [-0.4, -0.2) is 29.0 Å². The van der Waals surface area contributed by atoms with Gasteiger partial charge in [-0.25, -0.2) is 0 Å². The zero-order chi connectivity index (χ0) is 21.3. The summed E-state index contributed by atoms with van der Waals surface area (Å²) in [7, 11) is 1.55. The number of aliphatic hydroxyl groups is 1. The second-order valence-corrected chi connectivity index (χ2v) is 6.82. The molecule has 0 aromatic heterocycles. The van der Waals surface area contributed by atoms with E-state index in [-0.39, 0.29) is 17.1 Å². The number of phenols is 1. The summed E-state index contributed by atoms with van der Waals surface area (Å²) in [4.78, 5) is 27.3. The number of phenolic OH excluding ortho intramolecular Hbond substituents is 1. The molecule has 3 aromatic carbocycles. The van der Waals surface area contributed by atoms with E-state index in [1.54, 1.807) is 73.8 Å². The molecule has 1 atom stereocenters. The largest absolute Gasteiger partial charge is 0.508 e. The first kappa shape index (κ1) is 19.3. The number of ketones is 1. The number of nitrogens with zero attached hydrogens (tertiary/aromatic N) is 1. The Morgan fingerprint density at radius 1 is 0.900 bits per heavy atom. The van der Waals surface area contributed by atoms with E-state index >= 15 is 0 Å². The monoisotopic (exact) mass is 401 g/mol. The molecule has 0 radical (unpaired) electrons. The Hall–Kier alpha value is -4.06. The van der Waals surface area contributed by atoms with Gasteiger partial charge in [0.25, 0.3) is 11.7 Å². The maximum Gasteiger partial charge on any atom is 0.300 e. The molecular weight excluding hydrogens is 382 g/mol. The van der Waals surface area contributed by atoms with Crippen LogP contribution in [0.5, 0.6) is 11.5 Å². The van der Waals surface area contributed by atoms with Crippen molar-refractivity contribution in [3.05, 3.63) is 95.6 Å². The summed E-state index contributed by atoms with van der Waals surface area (Å²) in [5.41, 5.74) is 1.52. The molecule has 2 N–H and O–H groups in total. The highest BCUT2D eigenvalue weighted by molar-refractivity contribution is 6.51. The average Bonchev–Trinajstić information content (AvgIpc) is 3.05. The molecular formula is C24H19NO5. The number of rotatable bonds is 4. The zero-order valence-electron chi connectivity index (χ0n) is 16.1. The van der Waals surface area contributed by atoms with E-state index in [9.17, 15) is 19.8 Å². The summed E-state index contributed by atoms with van der Waals surface area (Å²) >= 11 is 0. The molecule has 6 nitrogen and oxygen atoms in total. The molecule has 6 heteroatoms. The number of ether oxygens (including phenoxy) is 1. The highest BCUT2D eigenvalue weighted by Gasteiger charge is 2.46. The van der Waals surface area contributed by atoms with Crippen LogP contribution in [0.4, 0.5) is 5.69 Å². The molecule has 0 saturated carbocycles. The van der Waals surface area contributed by atoms with Gasteiger partial charge in [-0.1, -0.05) is 42.5 Å². The lowest BCUT2D eigenvalue weighted by molar-refractivity contribution is -0.132. The summed E-state index contributed by atoms with van der Waals surface area (Å²) in [6, 6.07) is 20.8. The minimum absolute atomic E-state index is 0.00411. The Bertz CT molecular complexity index is 1120. The fourth-order valence-corrected chi connectivity index (χ4v) is 3.57. The van der Waals surface area contributed by atoms with E-state index in [0.29, 0.717) is 22.6 Å². The van der Waals surface area contributed by atoms with Gasteiger partial charge in [0.05, 0.1) is 18.7 Å². The van der Waals surface area contributed by atoms with Crippen molar-refractivity contribution in [3.8, 4) is 11.5 Å². The molecule has 150 valence electrons. The predicted molar refractivity (Wildman–Crippen MR) is 112 cm³/mol. The van der Waals surface area contributed by atoms with Crippen molar-refractivity contribution < 1.29 is 24.5 Å². The lowest BCUT2D eigenvalue weighted by atomic mass is 9.95. The van der Waals surface area contributed by atoms with Crippen LogP contribution in [0.15, 0.2) is 84.4 Å². The molecule has 1 aliphatic rings. The second kappa shape index (κ2) is 7.75. The number of methoxy groups -OCH3 is 1. The first-order valence-electron chi connectivity index (χ1n) is 9.30. The Kier molecular flexibility index (Phi) is 4.98. The lowest BCUT2D eigenvalue weighted by Gasteiger charge is -2.25. The third-order valence-corrected chi connectivity index (χ3v) is 5.05. The Morgan fingerprint density at radius 3 is 2.13 bits per heavy atom. The van der Waals surface area contributed by atoms with E-state index in [1.165, 1.54) is 17.0 Å². The molecule has 0 aliphatic carbocycles. The highest BCUT2D eigenvalue weighted by Crippen LogP contribution is 2.42. The van der Waals surface area contributed by atoms with Gasteiger partial charge in [-0.3, -0.25) is 14.5 Å². The molecule has 30 heavy (non-hydrogen) atoms. The van der Waals surface area contributed by atoms with Crippen molar-refractivity contribution >= 4 is 23.1 Å². The molecule has 1 saturated heterocycles. The Balaban J connectivity index is 1.92. The molecule has 0 spiro atoms. The number of benzene rings is 3. The van der Waals surface area contributed by atoms with Crippen molar-refractivity contribution in [3.63, 3.8) is 0 Å². The number of carbonyl (C=O) groups excluding carboxylic acids is 2. The van der Waals surface area contributed by atoms with Gasteiger partial charge in [0.2, 0.25) is 0 Å². The van der Waals surface area contributed by atoms with Crippen LogP contribution < -0.4 is 9.64 Å². The fraction of sp³-hybridized carbons (Fsp3) is 0.0833. The van der Waals surface area contributed by atoms with Crippen LogP contribution in [0.2, 0.25) is 0 Å². The number of hydrogen-bond acceptors (Lipinski definition) is 5. The number of carbonyl (C=O) groups is 2. The number of anilines is 1. The Labute approximate surface area is 173 Å². The molecule has 0 bridgehead atoms. The van der Waals surface area contributed by atoms with Gasteiger partial charge in [-0.05, 0) is 42.0 Å². The SMILES string of the molecule is COc1ccc(C2/C(=C(/O)c3ccccc3)C(=O)C(=O)N2c2ccc(O)cc2)cc1. The number of aromatic hydroxyl groups is 1. The van der Waals surface area contributed by atoms with E-state index in [1.807, 2.05) is 0 Å². The third kappa shape index (κ3) is 3.28. The van der Waals surface area contributed by atoms with Crippen molar-refractivity contribution in [1.82, 2.24) is 0 Å². The maximum atomic E-state index is 13.0. The predicted octanol–water partition coefficient (Wildman–Crippen LogP) is 4.03. The standard InChI is InChI=1S/C24H19NO5/c1-30-19-13-7-15(8-14-19)21-20(22(27)16-5-3-2-4-6-16)23(28)24(29)25(21)17-9-11-18(26)12-10-17/h2-14,21,26-27H,1H3/b22-20-. The summed E-state index contributed by atoms with van der Waals surface area (Å²) in [6.07, 6.45) is 0. The van der Waals surface area contributed by atoms with Gasteiger partial charge in [0.15, 0.2) is 0 Å². The van der Waals surface area contributed by atoms with Crippen molar-refractivity contribution in [2.75, 3.05) is 12.0 Å². The summed E-state index contributed by atoms with van der Waals surface area (Å²) in [5.74, 6) is -1.09. The van der Waals surface area contributed by atoms with Crippen LogP contribution >= 0.6 is 0 Å². The average molecular weight is 401 g/mol. The van der Waals surface area contributed by atoms with Gasteiger partial charge in [-0.2, -0.15) is 0 Å². The quantitative estimate of drug-likeness (QED) is 0.392. The number of hydrogen-bond donors (Lipinski definition) is 2. The van der Waals surface area contributed by atoms with Crippen molar-refractivity contribution in [2.45, 2.75) is 6.04 Å². The second-order valence-electron chi connectivity index (χ2n) is 6.82. The smallest absolute Gasteiger partial charge is 0.300 e. The summed E-state index contributed by atoms with van der Waals surface area (Å²) in [6.45, 7) is 0. The molecule has 1 unspecified atom stereocenters. The molecule has 4 rings (SSSR count). The van der Waals surface area contributed by atoms with Crippen LogP contribution in [-0.2, 0) is 9.59 Å². The maximum absolute atomic E-state index is 13.0. The third-order valence-electron chi connectivity index (χ3n) is 5.05. The van der Waals surface area contributed by atoms with Gasteiger partial charge in [-0.15, -0.1) is 0 Å². The molecule has 1 aliphatic heterocycles. The fourth-order valence-electron chi connectivity index (χ4n) is 3.57. The number of Topliss-reactive ketones (excluding diaryl/α,β-unsaturated/α-hetero) is 1. The topological polar surface area (TPSA) is 87.1 Å². The minimum atomic E-state index is -0.833. The number of amides is 1. The zero-order valence-corrected chi connectivity index (χ0v) is 16.1. The van der Waals surface area contributed by atoms with E-state index in [0.717, 1.165) is 0 Å². The van der Waals surface area contributed by atoms with E-state index in [4.69, 9.17) is 4.74 Å². The lowest BCUT2D eigenvalue weighted by Crippen LogP contribution is -2.29. The van der Waals surface area contributed by atoms with Gasteiger partial charge in [0.1, 0.15) is 17.3 Å². The molecule has 1 fully saturated rings.